The van der Waals surface area contributed by atoms with E-state index in [1.54, 1.807) is 0 Å². The molecule has 0 atom stereocenters. The monoisotopic (exact) mass is 818 g/mol. The molecule has 12 rings (SSSR count). The predicted molar refractivity (Wildman–Crippen MR) is 270 cm³/mol. The third-order valence-electron chi connectivity index (χ3n) is 13.1. The van der Waals surface area contributed by atoms with Crippen LogP contribution in [0, 0.1) is 0 Å². The second kappa shape index (κ2) is 15.2. The Balaban J connectivity index is 1.24. The maximum atomic E-state index is 2.61. The number of hydrogen-bond donors (Lipinski definition) is 0. The molecule has 0 N–H and O–H groups in total. The van der Waals surface area contributed by atoms with Crippen molar-refractivity contribution in [3.63, 3.8) is 0 Å². The van der Waals surface area contributed by atoms with E-state index in [9.17, 15) is 0 Å². The van der Waals surface area contributed by atoms with Crippen LogP contribution in [-0.2, 0) is 0 Å². The minimum absolute atomic E-state index is 1.13. The van der Waals surface area contributed by atoms with Gasteiger partial charge in [-0.3, -0.25) is 0 Å². The molecule has 2 heterocycles. The summed E-state index contributed by atoms with van der Waals surface area (Å²) >= 11 is 0. The third kappa shape index (κ3) is 5.78. The first-order valence-electron chi connectivity index (χ1n) is 21.8. The molecule has 0 saturated heterocycles. The second-order valence-electron chi connectivity index (χ2n) is 16.4. The molecule has 12 aromatic rings. The van der Waals surface area contributed by atoms with Crippen LogP contribution in [-0.4, -0.2) is 17.2 Å². The number of benzene rings is 10. The Bertz CT molecular complexity index is 3480. The smallest absolute Gasteiger partial charge is 0.181 e. The average molecular weight is 819 g/mol. The normalized spacial score (nSPS) is 11.8. The first-order chi connectivity index (χ1) is 31.3. The van der Waals surface area contributed by atoms with Crippen LogP contribution in [0.5, 0.6) is 0 Å². The molecule has 0 aliphatic rings. The van der Waals surface area contributed by atoms with Gasteiger partial charge in [-0.1, -0.05) is 218 Å². The van der Waals surface area contributed by atoms with Crippen molar-refractivity contribution in [2.24, 2.45) is 0 Å². The van der Waals surface area contributed by atoms with Crippen LogP contribution in [0.25, 0.3) is 77.2 Å². The summed E-state index contributed by atoms with van der Waals surface area (Å²) in [5, 5.41) is 10.4. The molecule has 0 radical (unpaired) electrons. The number of para-hydroxylation sites is 2. The highest BCUT2D eigenvalue weighted by molar-refractivity contribution is 7.20. The fourth-order valence-corrected chi connectivity index (χ4v) is 15.4. The van der Waals surface area contributed by atoms with E-state index in [2.05, 4.69) is 264 Å². The van der Waals surface area contributed by atoms with Gasteiger partial charge in [0.05, 0.1) is 27.8 Å². The minimum atomic E-state index is -2.98. The molecule has 0 fully saturated rings. The summed E-state index contributed by atoms with van der Waals surface area (Å²) in [7, 11) is -2.98. The lowest BCUT2D eigenvalue weighted by Gasteiger charge is -2.35. The fourth-order valence-electron chi connectivity index (χ4n) is 10.4. The lowest BCUT2D eigenvalue weighted by Crippen LogP contribution is -2.75. The number of nitrogens with zero attached hydrogens (tertiary/aromatic N) is 2. The Kier molecular flexibility index (Phi) is 8.87. The van der Waals surface area contributed by atoms with E-state index in [0.717, 1.165) is 11.4 Å². The Labute approximate surface area is 368 Å². The molecule has 296 valence electrons. The molecule has 63 heavy (non-hydrogen) atoms. The van der Waals surface area contributed by atoms with E-state index in [0.29, 0.717) is 0 Å². The van der Waals surface area contributed by atoms with Gasteiger partial charge in [0, 0.05) is 27.2 Å². The summed E-state index contributed by atoms with van der Waals surface area (Å²) in [6.07, 6.45) is 0. The molecule has 0 spiro atoms. The molecule has 0 unspecified atom stereocenters. The van der Waals surface area contributed by atoms with Gasteiger partial charge in [-0.25, -0.2) is 0 Å². The van der Waals surface area contributed by atoms with Gasteiger partial charge in [-0.2, -0.15) is 0 Å². The van der Waals surface area contributed by atoms with E-state index < -0.39 is 8.07 Å². The van der Waals surface area contributed by atoms with Crippen molar-refractivity contribution >= 4 is 72.4 Å². The molecular weight excluding hydrogens is 777 g/mol. The summed E-state index contributed by atoms with van der Waals surface area (Å²) in [5.41, 5.74) is 11.9. The molecule has 3 heteroatoms. The van der Waals surface area contributed by atoms with Crippen molar-refractivity contribution in [3.05, 3.63) is 255 Å². The molecule has 0 saturated carbocycles. The molecule has 0 amide bonds. The van der Waals surface area contributed by atoms with Crippen molar-refractivity contribution in [1.29, 1.82) is 0 Å². The Morgan fingerprint density at radius 2 is 0.746 bits per heavy atom. The number of fused-ring (bicyclic) bond motifs is 6. The maximum absolute atomic E-state index is 2.98. The van der Waals surface area contributed by atoms with Crippen LogP contribution in [0.3, 0.4) is 0 Å². The number of rotatable bonds is 8. The standard InChI is InChI=1S/C60H42N2Si/c1-6-21-43(22-7-1)44-39-41-46(42-40-44)61-54-35-18-32-50(45-23-8-2-9-24-45)58(54)59-55(61)36-20-37-56(59)62-53-34-17-16-31-51(53)52-33-19-38-57(60(52)62)63(47-25-10-3-11-26-47,48-27-12-4-13-28-48)49-29-14-5-15-30-49/h1-42H. The van der Waals surface area contributed by atoms with Crippen LogP contribution < -0.4 is 20.7 Å². The van der Waals surface area contributed by atoms with Gasteiger partial charge in [0.1, 0.15) is 0 Å². The van der Waals surface area contributed by atoms with Gasteiger partial charge < -0.3 is 9.13 Å². The highest BCUT2D eigenvalue weighted by atomic mass is 28.3. The lowest BCUT2D eigenvalue weighted by atomic mass is 9.98. The minimum Gasteiger partial charge on any atom is -0.309 e. The number of hydrogen-bond acceptors (Lipinski definition) is 0. The topological polar surface area (TPSA) is 9.86 Å². The van der Waals surface area contributed by atoms with Gasteiger partial charge >= 0.3 is 0 Å². The zero-order chi connectivity index (χ0) is 41.7. The Morgan fingerprint density at radius 3 is 1.37 bits per heavy atom. The quantitative estimate of drug-likeness (QED) is 0.107. The van der Waals surface area contributed by atoms with Crippen LogP contribution in [0.4, 0.5) is 0 Å². The molecule has 0 aliphatic heterocycles. The van der Waals surface area contributed by atoms with E-state index in [1.807, 2.05) is 0 Å². The van der Waals surface area contributed by atoms with Crippen molar-refractivity contribution in [2.45, 2.75) is 0 Å². The zero-order valence-corrected chi connectivity index (χ0v) is 35.6. The highest BCUT2D eigenvalue weighted by Crippen LogP contribution is 2.43. The Hall–Kier alpha value is -7.98. The van der Waals surface area contributed by atoms with E-state index in [1.165, 1.54) is 86.6 Å². The summed E-state index contributed by atoms with van der Waals surface area (Å²) < 4.78 is 5.09. The van der Waals surface area contributed by atoms with Gasteiger partial charge in [0.25, 0.3) is 0 Å². The maximum Gasteiger partial charge on any atom is 0.181 e. The second-order valence-corrected chi connectivity index (χ2v) is 20.2. The fraction of sp³-hybridized carbons (Fsp3) is 0. The van der Waals surface area contributed by atoms with Crippen LogP contribution in [0.1, 0.15) is 0 Å². The molecule has 0 bridgehead atoms. The van der Waals surface area contributed by atoms with Crippen molar-refractivity contribution in [3.8, 4) is 33.6 Å². The first kappa shape index (κ1) is 36.8. The third-order valence-corrected chi connectivity index (χ3v) is 17.9. The van der Waals surface area contributed by atoms with Crippen LogP contribution >= 0.6 is 0 Å². The van der Waals surface area contributed by atoms with E-state index >= 15 is 0 Å². The molecule has 2 nitrogen and oxygen atoms in total. The molecule has 2 aromatic heterocycles. The zero-order valence-electron chi connectivity index (χ0n) is 34.6. The largest absolute Gasteiger partial charge is 0.309 e. The molecule has 0 aliphatic carbocycles. The van der Waals surface area contributed by atoms with Crippen molar-refractivity contribution in [2.75, 3.05) is 0 Å². The summed E-state index contributed by atoms with van der Waals surface area (Å²) in [4.78, 5) is 0. The number of aromatic nitrogens is 2. The Morgan fingerprint density at radius 1 is 0.286 bits per heavy atom. The van der Waals surface area contributed by atoms with Crippen LogP contribution in [0.15, 0.2) is 255 Å². The van der Waals surface area contributed by atoms with Gasteiger partial charge in [-0.05, 0) is 79.4 Å². The van der Waals surface area contributed by atoms with E-state index in [4.69, 9.17) is 0 Å². The highest BCUT2D eigenvalue weighted by Gasteiger charge is 2.43. The van der Waals surface area contributed by atoms with E-state index in [-0.39, 0.29) is 0 Å². The molecule has 10 aromatic carbocycles. The summed E-state index contributed by atoms with van der Waals surface area (Å²) in [5.74, 6) is 0. The van der Waals surface area contributed by atoms with Crippen LogP contribution in [0.2, 0.25) is 0 Å². The predicted octanol–water partition coefficient (Wildman–Crippen LogP) is 12.6. The van der Waals surface area contributed by atoms with Crippen molar-refractivity contribution < 1.29 is 0 Å². The van der Waals surface area contributed by atoms with Crippen molar-refractivity contribution in [1.82, 2.24) is 9.13 Å². The van der Waals surface area contributed by atoms with Gasteiger partial charge in [-0.15, -0.1) is 0 Å². The van der Waals surface area contributed by atoms with Gasteiger partial charge in [0.2, 0.25) is 0 Å². The first-order valence-corrected chi connectivity index (χ1v) is 23.8. The average Bonchev–Trinajstić information content (AvgIpc) is 3.90. The summed E-state index contributed by atoms with van der Waals surface area (Å²) in [6, 6.07) is 94.3. The van der Waals surface area contributed by atoms with Gasteiger partial charge in [0.15, 0.2) is 8.07 Å². The lowest BCUT2D eigenvalue weighted by molar-refractivity contribution is 1.17. The molecular formula is C60H42N2Si. The SMILES string of the molecule is c1ccc(-c2ccc(-n3c4cccc(-c5ccccc5)c4c4c(-n5c6ccccc6c6cccc([Si](c7ccccc7)(c7ccccc7)c7ccccc7)c65)cccc43)cc2)cc1. The summed E-state index contributed by atoms with van der Waals surface area (Å²) in [6.45, 7) is 0.